The number of benzene rings is 1. The summed E-state index contributed by atoms with van der Waals surface area (Å²) >= 11 is 0. The lowest BCUT2D eigenvalue weighted by molar-refractivity contribution is -0.137. The lowest BCUT2D eigenvalue weighted by Crippen LogP contribution is -2.42. The van der Waals surface area contributed by atoms with Crippen LogP contribution in [0.1, 0.15) is 32.8 Å². The highest BCUT2D eigenvalue weighted by Gasteiger charge is 2.28. The molecule has 0 saturated carbocycles. The van der Waals surface area contributed by atoms with Gasteiger partial charge in [0.2, 0.25) is 0 Å². The number of hydrogen-bond acceptors (Lipinski definition) is 3. The van der Waals surface area contributed by atoms with Gasteiger partial charge < -0.3 is 14.7 Å². The largest absolute Gasteiger partial charge is 0.489 e. The summed E-state index contributed by atoms with van der Waals surface area (Å²) < 4.78 is 5.67. The van der Waals surface area contributed by atoms with Gasteiger partial charge in [0.25, 0.3) is 0 Å². The monoisotopic (exact) mass is 263 g/mol. The molecule has 1 atom stereocenters. The van der Waals surface area contributed by atoms with Crippen LogP contribution < -0.4 is 9.64 Å². The fourth-order valence-electron chi connectivity index (χ4n) is 2.27. The fraction of sp³-hybridized carbons (Fsp3) is 0.533. The molecule has 104 valence electrons. The minimum atomic E-state index is -0.795. The maximum absolute atomic E-state index is 10.9. The van der Waals surface area contributed by atoms with Crippen LogP contribution in [0.25, 0.3) is 0 Å². The SMILES string of the molecule is CN1c2cc(C(C)(C)C)ccc2OCC1CC(=O)O. The van der Waals surface area contributed by atoms with Gasteiger partial charge in [-0.2, -0.15) is 0 Å². The molecule has 0 radical (unpaired) electrons. The molecule has 0 amide bonds. The molecule has 1 unspecified atom stereocenters. The Hall–Kier alpha value is -1.71. The van der Waals surface area contributed by atoms with Crippen molar-refractivity contribution in [1.29, 1.82) is 0 Å². The maximum Gasteiger partial charge on any atom is 0.305 e. The molecule has 4 heteroatoms. The van der Waals surface area contributed by atoms with Crippen molar-refractivity contribution in [3.8, 4) is 5.75 Å². The second-order valence-electron chi connectivity index (χ2n) is 6.11. The molecule has 0 saturated heterocycles. The molecule has 0 fully saturated rings. The minimum Gasteiger partial charge on any atom is -0.489 e. The Kier molecular flexibility index (Phi) is 3.43. The molecule has 2 rings (SSSR count). The van der Waals surface area contributed by atoms with E-state index in [-0.39, 0.29) is 17.9 Å². The summed E-state index contributed by atoms with van der Waals surface area (Å²) in [6.07, 6.45) is 0.0929. The fourth-order valence-corrected chi connectivity index (χ4v) is 2.27. The third-order valence-corrected chi connectivity index (χ3v) is 3.59. The van der Waals surface area contributed by atoms with Crippen molar-refractivity contribution < 1.29 is 14.6 Å². The second kappa shape index (κ2) is 4.76. The van der Waals surface area contributed by atoms with Crippen LogP contribution in [0.2, 0.25) is 0 Å². The summed E-state index contributed by atoms with van der Waals surface area (Å²) in [6.45, 7) is 6.90. The van der Waals surface area contributed by atoms with Crippen molar-refractivity contribution in [2.45, 2.75) is 38.6 Å². The van der Waals surface area contributed by atoms with Gasteiger partial charge in [0.1, 0.15) is 12.4 Å². The van der Waals surface area contributed by atoms with E-state index in [0.717, 1.165) is 11.4 Å². The predicted octanol–water partition coefficient (Wildman–Crippen LogP) is 2.66. The van der Waals surface area contributed by atoms with Gasteiger partial charge in [0, 0.05) is 7.05 Å². The highest BCUT2D eigenvalue weighted by Crippen LogP contribution is 2.37. The number of anilines is 1. The molecule has 0 aromatic heterocycles. The summed E-state index contributed by atoms with van der Waals surface area (Å²) in [6, 6.07) is 6.04. The molecule has 1 N–H and O–H groups in total. The number of carboxylic acid groups (broad SMARTS) is 1. The number of rotatable bonds is 2. The normalized spacial score (nSPS) is 18.7. The van der Waals surface area contributed by atoms with Crippen LogP contribution in [-0.2, 0) is 10.2 Å². The Morgan fingerprint density at radius 3 is 2.74 bits per heavy atom. The predicted molar refractivity (Wildman–Crippen MR) is 75.1 cm³/mol. The standard InChI is InChI=1S/C15H21NO3/c1-15(2,3)10-5-6-13-12(7-10)16(4)11(9-19-13)8-14(17)18/h5-7,11H,8-9H2,1-4H3,(H,17,18). The topological polar surface area (TPSA) is 49.8 Å². The molecule has 0 aliphatic carbocycles. The molecule has 1 aliphatic rings. The lowest BCUT2D eigenvalue weighted by Gasteiger charge is -2.36. The van der Waals surface area contributed by atoms with Crippen LogP contribution in [0.15, 0.2) is 18.2 Å². The third kappa shape index (κ3) is 2.83. The van der Waals surface area contributed by atoms with Crippen LogP contribution in [0.5, 0.6) is 5.75 Å². The Morgan fingerprint density at radius 2 is 2.16 bits per heavy atom. The van der Waals surface area contributed by atoms with Gasteiger partial charge in [-0.1, -0.05) is 26.8 Å². The Morgan fingerprint density at radius 1 is 1.47 bits per heavy atom. The molecule has 1 aliphatic heterocycles. The minimum absolute atomic E-state index is 0.0651. The van der Waals surface area contributed by atoms with Crippen molar-refractivity contribution in [3.05, 3.63) is 23.8 Å². The molecule has 1 heterocycles. The van der Waals surface area contributed by atoms with Crippen molar-refractivity contribution in [1.82, 2.24) is 0 Å². The van der Waals surface area contributed by atoms with Crippen LogP contribution >= 0.6 is 0 Å². The van der Waals surface area contributed by atoms with E-state index in [0.29, 0.717) is 6.61 Å². The molecular weight excluding hydrogens is 242 g/mol. The number of carbonyl (C=O) groups is 1. The van der Waals surface area contributed by atoms with E-state index in [1.165, 1.54) is 5.56 Å². The zero-order valence-corrected chi connectivity index (χ0v) is 11.9. The molecule has 0 spiro atoms. The first kappa shape index (κ1) is 13.7. The summed E-state index contributed by atoms with van der Waals surface area (Å²) in [7, 11) is 1.93. The third-order valence-electron chi connectivity index (χ3n) is 3.59. The number of nitrogens with zero attached hydrogens (tertiary/aromatic N) is 1. The van der Waals surface area contributed by atoms with Crippen LogP contribution in [0.4, 0.5) is 5.69 Å². The number of ether oxygens (including phenoxy) is 1. The highest BCUT2D eigenvalue weighted by molar-refractivity contribution is 5.70. The Bertz CT molecular complexity index is 491. The van der Waals surface area contributed by atoms with Gasteiger partial charge in [-0.3, -0.25) is 4.79 Å². The molecule has 0 bridgehead atoms. The van der Waals surface area contributed by atoms with E-state index < -0.39 is 5.97 Å². The van der Waals surface area contributed by atoms with Gasteiger partial charge >= 0.3 is 5.97 Å². The number of fused-ring (bicyclic) bond motifs is 1. The number of carboxylic acids is 1. The van der Waals surface area contributed by atoms with E-state index in [1.807, 2.05) is 18.0 Å². The molecule has 1 aromatic rings. The van der Waals surface area contributed by atoms with Crippen molar-refractivity contribution in [2.24, 2.45) is 0 Å². The van der Waals surface area contributed by atoms with Gasteiger partial charge in [-0.15, -0.1) is 0 Å². The summed E-state index contributed by atoms with van der Waals surface area (Å²) in [5.74, 6) is 0.0352. The average Bonchev–Trinajstić information content (AvgIpc) is 2.31. The van der Waals surface area contributed by atoms with E-state index in [1.54, 1.807) is 0 Å². The second-order valence-corrected chi connectivity index (χ2v) is 6.11. The van der Waals surface area contributed by atoms with Gasteiger partial charge in [-0.05, 0) is 23.1 Å². The van der Waals surface area contributed by atoms with Gasteiger partial charge in [-0.25, -0.2) is 0 Å². The molecule has 19 heavy (non-hydrogen) atoms. The van der Waals surface area contributed by atoms with Gasteiger partial charge in [0.05, 0.1) is 18.2 Å². The van der Waals surface area contributed by atoms with Crippen molar-refractivity contribution in [2.75, 3.05) is 18.6 Å². The Balaban J connectivity index is 2.33. The molecule has 1 aromatic carbocycles. The summed E-state index contributed by atoms with van der Waals surface area (Å²) in [4.78, 5) is 12.9. The van der Waals surface area contributed by atoms with Crippen molar-refractivity contribution in [3.63, 3.8) is 0 Å². The lowest BCUT2D eigenvalue weighted by atomic mass is 9.86. The quantitative estimate of drug-likeness (QED) is 0.891. The molecule has 4 nitrogen and oxygen atoms in total. The average molecular weight is 263 g/mol. The smallest absolute Gasteiger partial charge is 0.305 e. The first-order valence-electron chi connectivity index (χ1n) is 6.51. The van der Waals surface area contributed by atoms with Crippen LogP contribution in [0, 0.1) is 0 Å². The van der Waals surface area contributed by atoms with Gasteiger partial charge in [0.15, 0.2) is 0 Å². The van der Waals surface area contributed by atoms with Crippen molar-refractivity contribution >= 4 is 11.7 Å². The first-order chi connectivity index (χ1) is 8.79. The zero-order chi connectivity index (χ0) is 14.2. The summed E-state index contributed by atoms with van der Waals surface area (Å²) in [5, 5.41) is 8.93. The van der Waals surface area contributed by atoms with Crippen LogP contribution in [-0.4, -0.2) is 30.8 Å². The first-order valence-corrected chi connectivity index (χ1v) is 6.51. The van der Waals surface area contributed by atoms with E-state index >= 15 is 0 Å². The highest BCUT2D eigenvalue weighted by atomic mass is 16.5. The summed E-state index contributed by atoms with van der Waals surface area (Å²) in [5.41, 5.74) is 2.26. The maximum atomic E-state index is 10.9. The van der Waals surface area contributed by atoms with Crippen LogP contribution in [0.3, 0.4) is 0 Å². The van der Waals surface area contributed by atoms with E-state index in [2.05, 4.69) is 32.9 Å². The van der Waals surface area contributed by atoms with E-state index in [9.17, 15) is 4.79 Å². The number of likely N-dealkylation sites (N-methyl/N-ethyl adjacent to an activating group) is 1. The number of hydrogen-bond donors (Lipinski definition) is 1. The Labute approximate surface area is 114 Å². The number of aliphatic carboxylic acids is 1. The zero-order valence-electron chi connectivity index (χ0n) is 11.9. The van der Waals surface area contributed by atoms with E-state index in [4.69, 9.17) is 9.84 Å². The molecular formula is C15H21NO3.